The molecular formula is Cl2MgO6S2. The van der Waals surface area contributed by atoms with E-state index in [1.165, 1.54) is 0 Å². The Kier molecular flexibility index (Phi) is 10.9. The number of hydrogen-bond acceptors (Lipinski definition) is 6. The third-order valence-corrected chi connectivity index (χ3v) is 0. The van der Waals surface area contributed by atoms with Crippen LogP contribution in [0.25, 0.3) is 0 Å². The molecule has 0 aliphatic rings. The summed E-state index contributed by atoms with van der Waals surface area (Å²) in [5.41, 5.74) is 0. The fourth-order valence-electron chi connectivity index (χ4n) is 0. The van der Waals surface area contributed by atoms with Crippen molar-refractivity contribution in [3.05, 3.63) is 0 Å². The number of rotatable bonds is 0. The van der Waals surface area contributed by atoms with Crippen LogP contribution in [-0.4, -0.2) is 49.0 Å². The topological polar surface area (TPSA) is 114 Å². The van der Waals surface area contributed by atoms with Gasteiger partial charge in [0.25, 0.3) is 0 Å². The second kappa shape index (κ2) is 6.66. The Hall–Kier alpha value is 1.17. The molecule has 0 heterocycles. The SMILES string of the molecule is O=S(=O)([O-])Cl.O=S(=O)([O-])Cl.[Mg+2]. The quantitative estimate of drug-likeness (QED) is 0.311. The minimum absolute atomic E-state index is 0. The van der Waals surface area contributed by atoms with E-state index in [-0.39, 0.29) is 23.1 Å². The van der Waals surface area contributed by atoms with E-state index in [1.54, 1.807) is 0 Å². The summed E-state index contributed by atoms with van der Waals surface area (Å²) < 4.78 is 53.1. The maximum Gasteiger partial charge on any atom is 2.00 e. The molecule has 0 saturated heterocycles. The van der Waals surface area contributed by atoms with Crippen molar-refractivity contribution < 1.29 is 25.9 Å². The van der Waals surface area contributed by atoms with Crippen molar-refractivity contribution in [3.8, 4) is 0 Å². The van der Waals surface area contributed by atoms with Gasteiger partial charge in [-0.2, -0.15) is 0 Å². The van der Waals surface area contributed by atoms with Gasteiger partial charge in [0, 0.05) is 21.4 Å². The second-order valence-electron chi connectivity index (χ2n) is 0.786. The van der Waals surface area contributed by atoms with Gasteiger partial charge < -0.3 is 9.11 Å². The molecule has 0 saturated carbocycles. The van der Waals surface area contributed by atoms with Gasteiger partial charge in [-0.1, -0.05) is 0 Å². The molecule has 0 aliphatic heterocycles. The maximum atomic E-state index is 8.84. The Morgan fingerprint density at radius 3 is 0.818 bits per heavy atom. The van der Waals surface area contributed by atoms with Crippen LogP contribution in [0, 0.1) is 0 Å². The fraction of sp³-hybridized carbons (Fsp3) is 0. The molecule has 0 unspecified atom stereocenters. The first kappa shape index (κ1) is 18.1. The molecule has 0 aromatic rings. The Bertz CT molecular complexity index is 215. The first-order chi connectivity index (χ1) is 4.00. The smallest absolute Gasteiger partial charge is 0.735 e. The van der Waals surface area contributed by atoms with E-state index in [2.05, 4.69) is 21.4 Å². The van der Waals surface area contributed by atoms with Crippen LogP contribution >= 0.6 is 21.4 Å². The predicted octanol–water partition coefficient (Wildman–Crippen LogP) is -1.01. The van der Waals surface area contributed by atoms with E-state index >= 15 is 0 Å². The first-order valence-electron chi connectivity index (χ1n) is 1.31. The van der Waals surface area contributed by atoms with Crippen molar-refractivity contribution >= 4 is 63.1 Å². The van der Waals surface area contributed by atoms with Crippen LogP contribution in [0.4, 0.5) is 0 Å². The van der Waals surface area contributed by atoms with Gasteiger partial charge >= 0.3 is 23.1 Å². The van der Waals surface area contributed by atoms with Gasteiger partial charge in [-0.05, 0) is 0 Å². The van der Waals surface area contributed by atoms with Crippen LogP contribution in [-0.2, 0) is 18.7 Å². The summed E-state index contributed by atoms with van der Waals surface area (Å²) in [6.07, 6.45) is 0. The Morgan fingerprint density at radius 1 is 0.818 bits per heavy atom. The standard InChI is InChI=1S/2ClHO3S.Mg/c2*1-5(2,3)4;/h2*(H,2,3,4);/q;;+2/p-2. The van der Waals surface area contributed by atoms with Crippen molar-refractivity contribution in [2.24, 2.45) is 0 Å². The summed E-state index contributed by atoms with van der Waals surface area (Å²) in [7, 11) is -0.995. The summed E-state index contributed by atoms with van der Waals surface area (Å²) >= 11 is 0. The molecule has 0 aliphatic carbocycles. The van der Waals surface area contributed by atoms with Crippen molar-refractivity contribution in [1.29, 1.82) is 0 Å². The monoisotopic (exact) mass is 254 g/mol. The summed E-state index contributed by atoms with van der Waals surface area (Å²) in [6.45, 7) is 0. The molecule has 11 heavy (non-hydrogen) atoms. The molecule has 0 fully saturated rings. The van der Waals surface area contributed by atoms with Gasteiger partial charge in [0.15, 0.2) is 18.7 Å². The molecule has 0 atom stereocenters. The summed E-state index contributed by atoms with van der Waals surface area (Å²) in [5, 5.41) is 0. The third-order valence-electron chi connectivity index (χ3n) is 0. The van der Waals surface area contributed by atoms with E-state index < -0.39 is 18.7 Å². The Morgan fingerprint density at radius 2 is 0.818 bits per heavy atom. The first-order valence-corrected chi connectivity index (χ1v) is 5.78. The van der Waals surface area contributed by atoms with Gasteiger partial charge in [0.2, 0.25) is 0 Å². The zero-order valence-corrected chi connectivity index (χ0v) is 9.29. The van der Waals surface area contributed by atoms with Crippen molar-refractivity contribution in [2.45, 2.75) is 0 Å². The fourth-order valence-corrected chi connectivity index (χ4v) is 0. The van der Waals surface area contributed by atoms with Crippen molar-refractivity contribution in [3.63, 3.8) is 0 Å². The second-order valence-corrected chi connectivity index (χ2v) is 4.63. The van der Waals surface area contributed by atoms with Crippen LogP contribution in [0.3, 0.4) is 0 Å². The number of halogens is 2. The van der Waals surface area contributed by atoms with E-state index in [4.69, 9.17) is 25.9 Å². The molecule has 0 rings (SSSR count). The average molecular weight is 255 g/mol. The Balaban J connectivity index is -0.000000107. The molecule has 0 spiro atoms. The molecule has 64 valence electrons. The normalized spacial score (nSPS) is 10.5. The van der Waals surface area contributed by atoms with Crippen LogP contribution in [0.5, 0.6) is 0 Å². The van der Waals surface area contributed by atoms with E-state index in [0.717, 1.165) is 0 Å². The van der Waals surface area contributed by atoms with Gasteiger partial charge in [-0.25, -0.2) is 16.8 Å². The molecular weight excluding hydrogens is 255 g/mol. The zero-order chi connectivity index (χ0) is 9.00. The average Bonchev–Trinajstić information content (AvgIpc) is 1.12. The summed E-state index contributed by atoms with van der Waals surface area (Å²) in [6, 6.07) is 0. The summed E-state index contributed by atoms with van der Waals surface area (Å²) in [5.74, 6) is 0. The minimum atomic E-state index is -4.44. The molecule has 0 N–H and O–H groups in total. The van der Waals surface area contributed by atoms with E-state index in [0.29, 0.717) is 0 Å². The largest absolute Gasteiger partial charge is 2.00 e. The van der Waals surface area contributed by atoms with E-state index in [9.17, 15) is 0 Å². The van der Waals surface area contributed by atoms with Crippen LogP contribution in [0.15, 0.2) is 0 Å². The summed E-state index contributed by atoms with van der Waals surface area (Å²) in [4.78, 5) is 0. The van der Waals surface area contributed by atoms with Crippen molar-refractivity contribution in [1.82, 2.24) is 0 Å². The molecule has 0 amide bonds. The molecule has 0 aromatic carbocycles. The molecule has 11 heteroatoms. The van der Waals surface area contributed by atoms with Gasteiger partial charge in [0.1, 0.15) is 0 Å². The molecule has 6 nitrogen and oxygen atoms in total. The van der Waals surface area contributed by atoms with Crippen LogP contribution < -0.4 is 0 Å². The van der Waals surface area contributed by atoms with E-state index in [1.807, 2.05) is 0 Å². The molecule has 0 radical (unpaired) electrons. The van der Waals surface area contributed by atoms with Crippen LogP contribution in [0.2, 0.25) is 0 Å². The van der Waals surface area contributed by atoms with Gasteiger partial charge in [-0.3, -0.25) is 0 Å². The maximum absolute atomic E-state index is 8.84. The number of hydrogen-bond donors (Lipinski definition) is 0. The zero-order valence-electron chi connectivity index (χ0n) is 4.73. The molecule has 0 bridgehead atoms. The Labute approximate surface area is 88.5 Å². The van der Waals surface area contributed by atoms with Gasteiger partial charge in [-0.15, -0.1) is 0 Å². The van der Waals surface area contributed by atoms with Crippen LogP contribution in [0.1, 0.15) is 0 Å². The third kappa shape index (κ3) is 690. The van der Waals surface area contributed by atoms with Gasteiger partial charge in [0.05, 0.1) is 0 Å². The predicted molar refractivity (Wildman–Crippen MR) is 36.9 cm³/mol. The van der Waals surface area contributed by atoms with Crippen molar-refractivity contribution in [2.75, 3.05) is 0 Å². The molecule has 0 aromatic heterocycles. The minimum Gasteiger partial charge on any atom is -0.735 e.